The molecule has 0 saturated heterocycles. The minimum Gasteiger partial charge on any atom is -0.349 e. The summed E-state index contributed by atoms with van der Waals surface area (Å²) in [5, 5.41) is 2.82. The molecule has 1 N–H and O–H groups in total. The average molecular weight is 325 g/mol. The minimum absolute atomic E-state index is 0.248. The van der Waals surface area contributed by atoms with E-state index >= 15 is 0 Å². The van der Waals surface area contributed by atoms with Crippen molar-refractivity contribution in [1.29, 1.82) is 0 Å². The lowest BCUT2D eigenvalue weighted by Gasteiger charge is -2.10. The standard InChI is InChI=1S/C17H19N5O2/c1-11-10-12(2)21(17(24)19-11)9-7-18-16(23)15-13(3)22-8-5-4-6-14(22)20-15/h4-6,8,10H,7,9H2,1-3H3,(H,18,23). The van der Waals surface area contributed by atoms with Gasteiger partial charge in [-0.3, -0.25) is 9.36 Å². The summed E-state index contributed by atoms with van der Waals surface area (Å²) in [6, 6.07) is 7.46. The molecule has 0 aromatic carbocycles. The fraction of sp³-hybridized carbons (Fsp3) is 0.294. The van der Waals surface area contributed by atoms with E-state index in [1.165, 1.54) is 0 Å². The molecule has 0 aliphatic carbocycles. The second kappa shape index (κ2) is 6.27. The van der Waals surface area contributed by atoms with Crippen molar-refractivity contribution in [3.05, 3.63) is 63.7 Å². The van der Waals surface area contributed by atoms with Crippen LogP contribution in [0.25, 0.3) is 5.65 Å². The van der Waals surface area contributed by atoms with Gasteiger partial charge < -0.3 is 9.72 Å². The number of carbonyl (C=O) groups excluding carboxylic acids is 1. The first-order chi connectivity index (χ1) is 11.5. The number of aryl methyl sites for hydroxylation is 3. The van der Waals surface area contributed by atoms with Gasteiger partial charge in [-0.1, -0.05) is 6.07 Å². The van der Waals surface area contributed by atoms with E-state index in [0.717, 1.165) is 17.0 Å². The van der Waals surface area contributed by atoms with Crippen LogP contribution in [0.1, 0.15) is 27.6 Å². The number of nitrogens with zero attached hydrogens (tertiary/aromatic N) is 4. The van der Waals surface area contributed by atoms with Crippen LogP contribution in [0.15, 0.2) is 35.3 Å². The number of amides is 1. The molecule has 3 heterocycles. The summed E-state index contributed by atoms with van der Waals surface area (Å²) in [6.07, 6.45) is 1.87. The highest BCUT2D eigenvalue weighted by Crippen LogP contribution is 2.11. The fourth-order valence-corrected chi connectivity index (χ4v) is 2.74. The number of hydrogen-bond acceptors (Lipinski definition) is 4. The van der Waals surface area contributed by atoms with Crippen LogP contribution in [0.4, 0.5) is 0 Å². The Kier molecular flexibility index (Phi) is 4.16. The van der Waals surface area contributed by atoms with Gasteiger partial charge in [0.25, 0.3) is 5.91 Å². The maximum atomic E-state index is 12.4. The largest absolute Gasteiger partial charge is 0.349 e. The Morgan fingerprint density at radius 1 is 1.21 bits per heavy atom. The number of aromatic nitrogens is 4. The normalized spacial score (nSPS) is 11.0. The smallest absolute Gasteiger partial charge is 0.348 e. The number of nitrogens with one attached hydrogen (secondary N) is 1. The van der Waals surface area contributed by atoms with Crippen molar-refractivity contribution in [2.75, 3.05) is 6.54 Å². The molecule has 0 saturated carbocycles. The lowest BCUT2D eigenvalue weighted by atomic mass is 10.3. The molecule has 7 nitrogen and oxygen atoms in total. The molecule has 0 fully saturated rings. The molecule has 0 atom stereocenters. The Labute approximate surface area is 139 Å². The van der Waals surface area contributed by atoms with Gasteiger partial charge in [0.15, 0.2) is 0 Å². The summed E-state index contributed by atoms with van der Waals surface area (Å²) < 4.78 is 3.41. The molecular weight excluding hydrogens is 306 g/mol. The quantitative estimate of drug-likeness (QED) is 0.783. The molecule has 0 bridgehead atoms. The monoisotopic (exact) mass is 325 g/mol. The molecule has 0 aliphatic heterocycles. The maximum absolute atomic E-state index is 12.4. The first-order valence-electron chi connectivity index (χ1n) is 7.74. The van der Waals surface area contributed by atoms with Crippen molar-refractivity contribution in [3.63, 3.8) is 0 Å². The zero-order valence-corrected chi connectivity index (χ0v) is 13.9. The number of fused-ring (bicyclic) bond motifs is 1. The van der Waals surface area contributed by atoms with Gasteiger partial charge in [0.1, 0.15) is 11.3 Å². The van der Waals surface area contributed by atoms with Gasteiger partial charge in [0.2, 0.25) is 0 Å². The van der Waals surface area contributed by atoms with Gasteiger partial charge in [0, 0.05) is 30.7 Å². The second-order valence-corrected chi connectivity index (χ2v) is 5.70. The highest BCUT2D eigenvalue weighted by molar-refractivity contribution is 5.94. The van der Waals surface area contributed by atoms with Crippen LogP contribution < -0.4 is 11.0 Å². The lowest BCUT2D eigenvalue weighted by Crippen LogP contribution is -2.33. The summed E-state index contributed by atoms with van der Waals surface area (Å²) >= 11 is 0. The molecular formula is C17H19N5O2. The SMILES string of the molecule is Cc1cc(C)n(CCNC(=O)c2nc3ccccn3c2C)c(=O)n1. The summed E-state index contributed by atoms with van der Waals surface area (Å²) in [7, 11) is 0. The van der Waals surface area contributed by atoms with E-state index < -0.39 is 0 Å². The molecule has 1 amide bonds. The van der Waals surface area contributed by atoms with Crippen LogP contribution in [0.3, 0.4) is 0 Å². The Balaban J connectivity index is 1.72. The Hall–Kier alpha value is -2.96. The van der Waals surface area contributed by atoms with E-state index in [2.05, 4.69) is 15.3 Å². The van der Waals surface area contributed by atoms with Crippen LogP contribution in [0.2, 0.25) is 0 Å². The van der Waals surface area contributed by atoms with Crippen molar-refractivity contribution in [3.8, 4) is 0 Å². The molecule has 3 aromatic rings. The number of hydrogen-bond donors (Lipinski definition) is 1. The number of rotatable bonds is 4. The fourth-order valence-electron chi connectivity index (χ4n) is 2.74. The van der Waals surface area contributed by atoms with Gasteiger partial charge in [-0.15, -0.1) is 0 Å². The zero-order chi connectivity index (χ0) is 17.3. The molecule has 0 radical (unpaired) electrons. The van der Waals surface area contributed by atoms with Crippen molar-refractivity contribution in [1.82, 2.24) is 24.3 Å². The molecule has 0 unspecified atom stereocenters. The molecule has 0 spiro atoms. The number of imidazole rings is 1. The highest BCUT2D eigenvalue weighted by Gasteiger charge is 2.15. The summed E-state index contributed by atoms with van der Waals surface area (Å²) in [5.41, 5.74) is 3.13. The predicted molar refractivity (Wildman–Crippen MR) is 90.2 cm³/mol. The van der Waals surface area contributed by atoms with Crippen LogP contribution in [-0.2, 0) is 6.54 Å². The van der Waals surface area contributed by atoms with Crippen molar-refractivity contribution in [2.45, 2.75) is 27.3 Å². The van der Waals surface area contributed by atoms with Crippen LogP contribution >= 0.6 is 0 Å². The molecule has 124 valence electrons. The van der Waals surface area contributed by atoms with Gasteiger partial charge in [-0.25, -0.2) is 9.78 Å². The maximum Gasteiger partial charge on any atom is 0.348 e. The Bertz CT molecular complexity index is 971. The molecule has 24 heavy (non-hydrogen) atoms. The van der Waals surface area contributed by atoms with E-state index in [1.54, 1.807) is 11.5 Å². The first-order valence-corrected chi connectivity index (χ1v) is 7.74. The van der Waals surface area contributed by atoms with E-state index in [9.17, 15) is 9.59 Å². The number of pyridine rings is 1. The van der Waals surface area contributed by atoms with Crippen molar-refractivity contribution >= 4 is 11.6 Å². The van der Waals surface area contributed by atoms with Gasteiger partial charge in [-0.05, 0) is 39.0 Å². The number of carbonyl (C=O) groups is 1. The van der Waals surface area contributed by atoms with E-state index in [-0.39, 0.29) is 11.6 Å². The topological polar surface area (TPSA) is 81.3 Å². The average Bonchev–Trinajstić information content (AvgIpc) is 2.87. The van der Waals surface area contributed by atoms with Crippen LogP contribution in [-0.4, -0.2) is 31.4 Å². The van der Waals surface area contributed by atoms with Gasteiger partial charge in [-0.2, -0.15) is 4.98 Å². The van der Waals surface area contributed by atoms with E-state index in [0.29, 0.717) is 24.5 Å². The van der Waals surface area contributed by atoms with E-state index in [1.807, 2.05) is 48.7 Å². The predicted octanol–water partition coefficient (Wildman–Crippen LogP) is 1.25. The first kappa shape index (κ1) is 15.9. The second-order valence-electron chi connectivity index (χ2n) is 5.70. The molecule has 3 aromatic heterocycles. The third kappa shape index (κ3) is 2.92. The molecule has 3 rings (SSSR count). The van der Waals surface area contributed by atoms with Crippen molar-refractivity contribution in [2.24, 2.45) is 0 Å². The molecule has 7 heteroatoms. The van der Waals surface area contributed by atoms with Crippen molar-refractivity contribution < 1.29 is 4.79 Å². The Morgan fingerprint density at radius 3 is 2.71 bits per heavy atom. The minimum atomic E-state index is -0.300. The lowest BCUT2D eigenvalue weighted by molar-refractivity contribution is 0.0947. The Morgan fingerprint density at radius 2 is 2.00 bits per heavy atom. The summed E-state index contributed by atoms with van der Waals surface area (Å²) in [6.45, 7) is 6.19. The highest BCUT2D eigenvalue weighted by atomic mass is 16.2. The third-order valence-electron chi connectivity index (χ3n) is 3.95. The summed E-state index contributed by atoms with van der Waals surface area (Å²) in [5.74, 6) is -0.248. The van der Waals surface area contributed by atoms with E-state index in [4.69, 9.17) is 0 Å². The van der Waals surface area contributed by atoms with Gasteiger partial charge >= 0.3 is 5.69 Å². The van der Waals surface area contributed by atoms with Gasteiger partial charge in [0.05, 0.1) is 5.69 Å². The molecule has 0 aliphatic rings. The zero-order valence-electron chi connectivity index (χ0n) is 13.9. The summed E-state index contributed by atoms with van der Waals surface area (Å²) in [4.78, 5) is 32.5. The third-order valence-corrected chi connectivity index (χ3v) is 3.95. The van der Waals surface area contributed by atoms with Crippen LogP contribution in [0, 0.1) is 20.8 Å². The van der Waals surface area contributed by atoms with Crippen LogP contribution in [0.5, 0.6) is 0 Å².